The number of piperidine rings is 1. The molecule has 0 bridgehead atoms. The van der Waals surface area contributed by atoms with Crippen molar-refractivity contribution >= 4 is 17.4 Å². The van der Waals surface area contributed by atoms with E-state index in [0.29, 0.717) is 28.0 Å². The standard InChI is InChI=1S/C21H27ClN4O3/c1-11-20(13-5-4-6-17(28-3)18(13)22)25-15(10-27)21(24-11)26-8-7-16-14(9-26)19(23)12(2)29-16/h4-6,12,14,16,19,27H,7-10,23H2,1-3H3/t12-,14?,16?,19+/m0/s1. The first-order valence-electron chi connectivity index (χ1n) is 9.91. The summed E-state index contributed by atoms with van der Waals surface area (Å²) >= 11 is 6.50. The van der Waals surface area contributed by atoms with Crippen LogP contribution in [0.15, 0.2) is 18.2 Å². The highest BCUT2D eigenvalue weighted by Gasteiger charge is 2.43. The van der Waals surface area contributed by atoms with Gasteiger partial charge in [0.05, 0.1) is 42.3 Å². The highest BCUT2D eigenvalue weighted by molar-refractivity contribution is 6.34. The number of aliphatic hydroxyl groups excluding tert-OH is 1. The molecule has 4 rings (SSSR count). The van der Waals surface area contributed by atoms with Crippen molar-refractivity contribution in [2.45, 2.75) is 45.1 Å². The largest absolute Gasteiger partial charge is 0.495 e. The zero-order valence-corrected chi connectivity index (χ0v) is 17.7. The summed E-state index contributed by atoms with van der Waals surface area (Å²) in [5, 5.41) is 10.5. The fourth-order valence-electron chi connectivity index (χ4n) is 4.41. The summed E-state index contributed by atoms with van der Waals surface area (Å²) in [5.41, 5.74) is 9.01. The fraction of sp³-hybridized carbons (Fsp3) is 0.524. The Morgan fingerprint density at radius 3 is 2.90 bits per heavy atom. The Kier molecular flexibility index (Phi) is 5.66. The molecule has 2 saturated heterocycles. The molecule has 7 nitrogen and oxygen atoms in total. The van der Waals surface area contributed by atoms with Gasteiger partial charge in [0.2, 0.25) is 0 Å². The number of ether oxygens (including phenoxy) is 2. The molecule has 0 aliphatic carbocycles. The molecule has 0 radical (unpaired) electrons. The Morgan fingerprint density at radius 1 is 1.38 bits per heavy atom. The molecule has 3 heterocycles. The summed E-state index contributed by atoms with van der Waals surface area (Å²) in [6.45, 7) is 5.27. The summed E-state index contributed by atoms with van der Waals surface area (Å²) in [6, 6.07) is 5.55. The molecule has 0 spiro atoms. The number of nitrogens with zero attached hydrogens (tertiary/aromatic N) is 3. The van der Waals surface area contributed by atoms with Gasteiger partial charge in [0.1, 0.15) is 11.4 Å². The van der Waals surface area contributed by atoms with Crippen molar-refractivity contribution in [3.8, 4) is 17.0 Å². The minimum Gasteiger partial charge on any atom is -0.495 e. The molecule has 0 saturated carbocycles. The summed E-state index contributed by atoms with van der Waals surface area (Å²) in [6.07, 6.45) is 1.14. The monoisotopic (exact) mass is 418 g/mol. The number of benzene rings is 1. The SMILES string of the molecule is COc1cccc(-c2nc(CO)c(N3CCC4O[C@@H](C)[C@@H](N)C4C3)nc2C)c1Cl. The van der Waals surface area contributed by atoms with E-state index >= 15 is 0 Å². The number of hydrogen-bond acceptors (Lipinski definition) is 7. The van der Waals surface area contributed by atoms with E-state index in [9.17, 15) is 5.11 Å². The number of aryl methyl sites for hydroxylation is 1. The summed E-state index contributed by atoms with van der Waals surface area (Å²) in [7, 11) is 1.58. The third-order valence-electron chi connectivity index (χ3n) is 6.03. The van der Waals surface area contributed by atoms with Crippen molar-refractivity contribution in [1.29, 1.82) is 0 Å². The Hall–Kier alpha value is -1.93. The van der Waals surface area contributed by atoms with Gasteiger partial charge in [-0.1, -0.05) is 23.7 Å². The predicted octanol–water partition coefficient (Wildman–Crippen LogP) is 2.55. The second-order valence-electron chi connectivity index (χ2n) is 7.76. The van der Waals surface area contributed by atoms with Gasteiger partial charge in [-0.15, -0.1) is 0 Å². The first-order valence-corrected chi connectivity index (χ1v) is 10.3. The van der Waals surface area contributed by atoms with Crippen LogP contribution in [0, 0.1) is 12.8 Å². The number of anilines is 1. The summed E-state index contributed by atoms with van der Waals surface area (Å²) in [5.74, 6) is 1.53. The fourth-order valence-corrected chi connectivity index (χ4v) is 4.71. The molecule has 1 aromatic heterocycles. The van der Waals surface area contributed by atoms with E-state index in [2.05, 4.69) is 4.90 Å². The van der Waals surface area contributed by atoms with Gasteiger partial charge < -0.3 is 25.2 Å². The van der Waals surface area contributed by atoms with Crippen LogP contribution in [0.5, 0.6) is 5.75 Å². The lowest BCUT2D eigenvalue weighted by Gasteiger charge is -2.36. The average Bonchev–Trinajstić information content (AvgIpc) is 3.01. The van der Waals surface area contributed by atoms with Crippen LogP contribution >= 0.6 is 11.6 Å². The van der Waals surface area contributed by atoms with E-state index in [0.717, 1.165) is 30.8 Å². The maximum Gasteiger partial charge on any atom is 0.153 e. The van der Waals surface area contributed by atoms with Crippen LogP contribution in [0.25, 0.3) is 11.3 Å². The van der Waals surface area contributed by atoms with Crippen molar-refractivity contribution in [3.05, 3.63) is 34.6 Å². The average molecular weight is 419 g/mol. The number of halogens is 1. The molecule has 156 valence electrons. The number of rotatable bonds is 4. The molecule has 2 unspecified atom stereocenters. The van der Waals surface area contributed by atoms with Crippen LogP contribution in [0.3, 0.4) is 0 Å². The number of hydrogen-bond donors (Lipinski definition) is 2. The molecular formula is C21H27ClN4O3. The van der Waals surface area contributed by atoms with Crippen LogP contribution in [0.2, 0.25) is 5.02 Å². The lowest BCUT2D eigenvalue weighted by atomic mass is 9.89. The Labute approximate surface area is 175 Å². The maximum absolute atomic E-state index is 10.0. The van der Waals surface area contributed by atoms with E-state index in [1.807, 2.05) is 26.0 Å². The minimum atomic E-state index is -0.208. The highest BCUT2D eigenvalue weighted by atomic mass is 35.5. The molecule has 0 amide bonds. The predicted molar refractivity (Wildman–Crippen MR) is 112 cm³/mol. The van der Waals surface area contributed by atoms with Gasteiger partial charge in [0.25, 0.3) is 0 Å². The van der Waals surface area contributed by atoms with Gasteiger partial charge in [-0.3, -0.25) is 0 Å². The quantitative estimate of drug-likeness (QED) is 0.787. The van der Waals surface area contributed by atoms with E-state index in [1.165, 1.54) is 0 Å². The van der Waals surface area contributed by atoms with Crippen molar-refractivity contribution in [1.82, 2.24) is 9.97 Å². The van der Waals surface area contributed by atoms with Crippen molar-refractivity contribution in [2.24, 2.45) is 11.7 Å². The Balaban J connectivity index is 1.69. The highest BCUT2D eigenvalue weighted by Crippen LogP contribution is 2.38. The first kappa shape index (κ1) is 20.3. The van der Waals surface area contributed by atoms with Gasteiger partial charge in [-0.2, -0.15) is 0 Å². The number of methoxy groups -OCH3 is 1. The summed E-state index contributed by atoms with van der Waals surface area (Å²) in [4.78, 5) is 11.7. The molecule has 3 N–H and O–H groups in total. The number of nitrogens with two attached hydrogens (primary N) is 1. The molecule has 29 heavy (non-hydrogen) atoms. The number of aliphatic hydroxyl groups is 1. The van der Waals surface area contributed by atoms with Gasteiger partial charge in [0, 0.05) is 30.6 Å². The van der Waals surface area contributed by atoms with Crippen LogP contribution in [-0.2, 0) is 11.3 Å². The van der Waals surface area contributed by atoms with Crippen LogP contribution in [-0.4, -0.2) is 53.5 Å². The second-order valence-corrected chi connectivity index (χ2v) is 8.14. The Morgan fingerprint density at radius 2 is 2.17 bits per heavy atom. The molecule has 2 aromatic rings. The smallest absolute Gasteiger partial charge is 0.153 e. The van der Waals surface area contributed by atoms with Crippen molar-refractivity contribution in [2.75, 3.05) is 25.1 Å². The molecule has 4 atom stereocenters. The molecule has 2 aliphatic heterocycles. The number of aromatic nitrogens is 2. The minimum absolute atomic E-state index is 0.00398. The van der Waals surface area contributed by atoms with Gasteiger partial charge in [0.15, 0.2) is 5.82 Å². The number of fused-ring (bicyclic) bond motifs is 1. The Bertz CT molecular complexity index is 910. The van der Waals surface area contributed by atoms with E-state index in [1.54, 1.807) is 13.2 Å². The molecule has 2 fully saturated rings. The maximum atomic E-state index is 10.0. The third kappa shape index (κ3) is 3.57. The van der Waals surface area contributed by atoms with Gasteiger partial charge >= 0.3 is 0 Å². The van der Waals surface area contributed by atoms with Crippen LogP contribution in [0.4, 0.5) is 5.82 Å². The molecular weight excluding hydrogens is 392 g/mol. The molecule has 2 aliphatic rings. The van der Waals surface area contributed by atoms with E-state index in [-0.39, 0.29) is 30.8 Å². The summed E-state index contributed by atoms with van der Waals surface area (Å²) < 4.78 is 11.3. The zero-order chi connectivity index (χ0) is 20.7. The normalized spacial score (nSPS) is 26.5. The van der Waals surface area contributed by atoms with E-state index in [4.69, 9.17) is 36.8 Å². The van der Waals surface area contributed by atoms with Gasteiger partial charge in [-0.25, -0.2) is 9.97 Å². The van der Waals surface area contributed by atoms with Crippen molar-refractivity contribution in [3.63, 3.8) is 0 Å². The van der Waals surface area contributed by atoms with E-state index < -0.39 is 0 Å². The topological polar surface area (TPSA) is 93.7 Å². The van der Waals surface area contributed by atoms with Crippen molar-refractivity contribution < 1.29 is 14.6 Å². The zero-order valence-electron chi connectivity index (χ0n) is 16.9. The lowest BCUT2D eigenvalue weighted by molar-refractivity contribution is 0.0335. The third-order valence-corrected chi connectivity index (χ3v) is 6.42. The van der Waals surface area contributed by atoms with Crippen LogP contribution < -0.4 is 15.4 Å². The molecule has 1 aromatic carbocycles. The second kappa shape index (κ2) is 8.07. The lowest BCUT2D eigenvalue weighted by Crippen LogP contribution is -2.48. The van der Waals surface area contributed by atoms with Gasteiger partial charge in [-0.05, 0) is 26.3 Å². The first-order chi connectivity index (χ1) is 13.9. The van der Waals surface area contributed by atoms with Crippen LogP contribution in [0.1, 0.15) is 24.7 Å². The molecule has 8 heteroatoms.